The van der Waals surface area contributed by atoms with Crippen molar-refractivity contribution in [2.24, 2.45) is 0 Å². The van der Waals surface area contributed by atoms with E-state index in [0.717, 1.165) is 22.4 Å². The lowest BCUT2D eigenvalue weighted by Crippen LogP contribution is -2.35. The molecule has 2 atom stereocenters. The number of nitrogens with zero attached hydrogens (tertiary/aromatic N) is 1. The summed E-state index contributed by atoms with van der Waals surface area (Å²) in [4.78, 5) is 15.2. The third-order valence-corrected chi connectivity index (χ3v) is 6.31. The maximum absolute atomic E-state index is 13.3. The Morgan fingerprint density at radius 2 is 1.77 bits per heavy atom. The zero-order valence-corrected chi connectivity index (χ0v) is 18.7. The second kappa shape index (κ2) is 8.53. The lowest BCUT2D eigenvalue weighted by molar-refractivity contribution is 0.0767. The van der Waals surface area contributed by atoms with E-state index in [9.17, 15) is 4.79 Å². The van der Waals surface area contributed by atoms with Crippen LogP contribution in [0.3, 0.4) is 0 Å². The van der Waals surface area contributed by atoms with Crippen LogP contribution in [0, 0.1) is 0 Å². The fraction of sp³-hybridized carbons (Fsp3) is 0.400. The van der Waals surface area contributed by atoms with Crippen LogP contribution in [0.4, 0.5) is 0 Å². The van der Waals surface area contributed by atoms with Crippen LogP contribution in [-0.4, -0.2) is 51.3 Å². The van der Waals surface area contributed by atoms with Crippen LogP contribution in [0.25, 0.3) is 5.57 Å². The summed E-state index contributed by atoms with van der Waals surface area (Å²) in [5.41, 5.74) is 3.76. The van der Waals surface area contributed by atoms with E-state index >= 15 is 0 Å². The average Bonchev–Trinajstić information content (AvgIpc) is 3.11. The predicted molar refractivity (Wildman–Crippen MR) is 120 cm³/mol. The first kappa shape index (κ1) is 21.1. The number of benzene rings is 2. The van der Waals surface area contributed by atoms with Crippen LogP contribution >= 0.6 is 0 Å². The molecule has 2 unspecified atom stereocenters. The first-order chi connectivity index (χ1) is 15.0. The van der Waals surface area contributed by atoms with Crippen molar-refractivity contribution in [2.45, 2.75) is 32.3 Å². The molecule has 0 aromatic heterocycles. The number of para-hydroxylation sites is 1. The van der Waals surface area contributed by atoms with Gasteiger partial charge in [0.05, 0.1) is 32.5 Å². The van der Waals surface area contributed by atoms with E-state index in [0.29, 0.717) is 42.3 Å². The topological polar surface area (TPSA) is 57.2 Å². The molecule has 2 aromatic carbocycles. The fourth-order valence-corrected chi connectivity index (χ4v) is 4.33. The molecule has 0 aliphatic carbocycles. The summed E-state index contributed by atoms with van der Waals surface area (Å²) in [6.07, 6.45) is 2.85. The molecule has 6 nitrogen and oxygen atoms in total. The molecule has 2 aromatic rings. The Bertz CT molecular complexity index is 1000. The van der Waals surface area contributed by atoms with Crippen molar-refractivity contribution in [1.82, 2.24) is 4.90 Å². The minimum atomic E-state index is 0.00195. The minimum Gasteiger partial charge on any atom is -0.496 e. The van der Waals surface area contributed by atoms with Crippen LogP contribution in [-0.2, 0) is 0 Å². The molecule has 0 N–H and O–H groups in total. The Morgan fingerprint density at radius 1 is 1.06 bits per heavy atom. The third-order valence-electron chi connectivity index (χ3n) is 6.31. The molecule has 0 radical (unpaired) electrons. The van der Waals surface area contributed by atoms with Crippen molar-refractivity contribution in [3.63, 3.8) is 0 Å². The molecule has 0 bridgehead atoms. The zero-order valence-electron chi connectivity index (χ0n) is 18.7. The number of fused-ring (bicyclic) bond motifs is 1. The van der Waals surface area contributed by atoms with E-state index in [1.807, 2.05) is 36.1 Å². The first-order valence-corrected chi connectivity index (χ1v) is 10.6. The Balaban J connectivity index is 1.60. The molecule has 2 heterocycles. The van der Waals surface area contributed by atoms with Crippen molar-refractivity contribution in [2.75, 3.05) is 34.4 Å². The van der Waals surface area contributed by atoms with E-state index in [2.05, 4.69) is 19.1 Å². The summed E-state index contributed by atoms with van der Waals surface area (Å²) >= 11 is 0. The largest absolute Gasteiger partial charge is 0.496 e. The summed E-state index contributed by atoms with van der Waals surface area (Å²) < 4.78 is 22.6. The molecule has 2 aliphatic rings. The van der Waals surface area contributed by atoms with Gasteiger partial charge in [0.2, 0.25) is 0 Å². The highest BCUT2D eigenvalue weighted by Crippen LogP contribution is 2.42. The van der Waals surface area contributed by atoms with Crippen molar-refractivity contribution >= 4 is 11.5 Å². The second-order valence-electron chi connectivity index (χ2n) is 7.97. The number of rotatable bonds is 5. The monoisotopic (exact) mass is 423 g/mol. The average molecular weight is 424 g/mol. The normalized spacial score (nSPS) is 19.9. The highest BCUT2D eigenvalue weighted by atomic mass is 16.5. The molecule has 6 heteroatoms. The molecular formula is C25H29NO5. The fourth-order valence-electron chi connectivity index (χ4n) is 4.33. The van der Waals surface area contributed by atoms with Gasteiger partial charge in [-0.2, -0.15) is 0 Å². The third kappa shape index (κ3) is 3.71. The number of hydrogen-bond acceptors (Lipinski definition) is 5. The number of carbonyl (C=O) groups excluding carboxylic acids is 1. The quantitative estimate of drug-likeness (QED) is 0.707. The van der Waals surface area contributed by atoms with Crippen molar-refractivity contribution < 1.29 is 23.7 Å². The van der Waals surface area contributed by atoms with Gasteiger partial charge in [0.15, 0.2) is 0 Å². The predicted octanol–water partition coefficient (Wildman–Crippen LogP) is 4.53. The number of amides is 1. The van der Waals surface area contributed by atoms with Crippen molar-refractivity contribution in [3.05, 3.63) is 53.1 Å². The summed E-state index contributed by atoms with van der Waals surface area (Å²) in [5, 5.41) is 0. The molecule has 0 fully saturated rings. The molecule has 0 saturated carbocycles. The van der Waals surface area contributed by atoms with Crippen LogP contribution in [0.5, 0.6) is 23.0 Å². The summed E-state index contributed by atoms with van der Waals surface area (Å²) in [6.45, 7) is 5.31. The number of hydrogen-bond donors (Lipinski definition) is 0. The number of carbonyl (C=O) groups is 1. The van der Waals surface area contributed by atoms with Gasteiger partial charge in [-0.25, -0.2) is 0 Å². The van der Waals surface area contributed by atoms with Gasteiger partial charge in [0, 0.05) is 36.7 Å². The van der Waals surface area contributed by atoms with Gasteiger partial charge in [-0.05, 0) is 25.0 Å². The maximum atomic E-state index is 13.3. The van der Waals surface area contributed by atoms with Gasteiger partial charge >= 0.3 is 0 Å². The van der Waals surface area contributed by atoms with Gasteiger partial charge in [-0.3, -0.25) is 4.79 Å². The van der Waals surface area contributed by atoms with Crippen molar-refractivity contribution in [3.8, 4) is 23.0 Å². The number of ether oxygens (including phenoxy) is 4. The molecule has 164 valence electrons. The van der Waals surface area contributed by atoms with Gasteiger partial charge in [-0.1, -0.05) is 25.1 Å². The molecule has 2 aliphatic heterocycles. The lowest BCUT2D eigenvalue weighted by Gasteiger charge is -2.28. The molecule has 4 rings (SSSR count). The van der Waals surface area contributed by atoms with Crippen LogP contribution in [0.15, 0.2) is 36.4 Å². The van der Waals surface area contributed by atoms with E-state index in [4.69, 9.17) is 18.9 Å². The van der Waals surface area contributed by atoms with Gasteiger partial charge in [0.25, 0.3) is 5.91 Å². The standard InChI is InChI=1S/C25H29NO5/c1-15-16(2)31-24-19(15)7-6-8-20(24)25(27)26-11-9-17(10-12-26)23-21(29-4)13-18(28-3)14-22(23)30-5/h6-9,13-16H,10-12H2,1-5H3. The second-order valence-corrected chi connectivity index (χ2v) is 7.97. The SMILES string of the molecule is COc1cc(OC)c(C2=CCN(C(=O)c3cccc4c3OC(C)C4C)CC2)c(OC)c1. The van der Waals surface area contributed by atoms with Crippen LogP contribution in [0.2, 0.25) is 0 Å². The van der Waals surface area contributed by atoms with E-state index < -0.39 is 0 Å². The number of methoxy groups -OCH3 is 3. The molecule has 0 saturated heterocycles. The van der Waals surface area contributed by atoms with Crippen LogP contribution < -0.4 is 18.9 Å². The van der Waals surface area contributed by atoms with Crippen molar-refractivity contribution in [1.29, 1.82) is 0 Å². The lowest BCUT2D eigenvalue weighted by atomic mass is 9.95. The Labute approximate surface area is 183 Å². The minimum absolute atomic E-state index is 0.00195. The summed E-state index contributed by atoms with van der Waals surface area (Å²) in [7, 11) is 4.88. The van der Waals surface area contributed by atoms with Gasteiger partial charge < -0.3 is 23.8 Å². The Hall–Kier alpha value is -3.15. The highest BCUT2D eigenvalue weighted by Gasteiger charge is 2.33. The summed E-state index contributed by atoms with van der Waals surface area (Å²) in [6, 6.07) is 9.56. The molecule has 31 heavy (non-hydrogen) atoms. The Kier molecular flexibility index (Phi) is 5.81. The van der Waals surface area contributed by atoms with Crippen LogP contribution in [0.1, 0.15) is 47.7 Å². The molecule has 1 amide bonds. The van der Waals surface area contributed by atoms with Gasteiger partial charge in [0.1, 0.15) is 29.1 Å². The summed E-state index contributed by atoms with van der Waals surface area (Å²) in [5.74, 6) is 3.08. The van der Waals surface area contributed by atoms with Gasteiger partial charge in [-0.15, -0.1) is 0 Å². The van der Waals surface area contributed by atoms with E-state index in [1.54, 1.807) is 21.3 Å². The zero-order chi connectivity index (χ0) is 22.1. The first-order valence-electron chi connectivity index (χ1n) is 10.6. The maximum Gasteiger partial charge on any atom is 0.257 e. The molecule has 0 spiro atoms. The van der Waals surface area contributed by atoms with E-state index in [-0.39, 0.29) is 17.9 Å². The van der Waals surface area contributed by atoms with E-state index in [1.165, 1.54) is 0 Å². The highest BCUT2D eigenvalue weighted by molar-refractivity contribution is 5.98. The molecular weight excluding hydrogens is 394 g/mol. The Morgan fingerprint density at radius 3 is 2.35 bits per heavy atom. The smallest absolute Gasteiger partial charge is 0.257 e.